The molecule has 4 nitrogen and oxygen atoms in total. The van der Waals surface area contributed by atoms with Crippen molar-refractivity contribution in [3.8, 4) is 22.1 Å². The summed E-state index contributed by atoms with van der Waals surface area (Å²) >= 11 is 1.58. The molecule has 26 heavy (non-hydrogen) atoms. The van der Waals surface area contributed by atoms with E-state index in [9.17, 15) is 4.39 Å². The Balaban J connectivity index is 1.71. The Kier molecular flexibility index (Phi) is 5.85. The second-order valence-corrected chi connectivity index (χ2v) is 6.84. The Morgan fingerprint density at radius 1 is 1.04 bits per heavy atom. The van der Waals surface area contributed by atoms with E-state index in [1.54, 1.807) is 31.6 Å². The van der Waals surface area contributed by atoms with Crippen LogP contribution in [0.5, 0.6) is 11.5 Å². The van der Waals surface area contributed by atoms with Crippen molar-refractivity contribution in [1.82, 2.24) is 9.88 Å². The Hall–Kier alpha value is -2.44. The van der Waals surface area contributed by atoms with Crippen molar-refractivity contribution < 1.29 is 13.9 Å². The zero-order chi connectivity index (χ0) is 18.5. The lowest BCUT2D eigenvalue weighted by molar-refractivity contribution is 0.310. The average molecular weight is 372 g/mol. The molecule has 6 heteroatoms. The fraction of sp³-hybridized carbons (Fsp3) is 0.250. The molecule has 3 rings (SSSR count). The second-order valence-electron chi connectivity index (χ2n) is 5.98. The number of benzene rings is 2. The number of rotatable bonds is 7. The van der Waals surface area contributed by atoms with Crippen LogP contribution in [-0.4, -0.2) is 31.2 Å². The number of thiazole rings is 1. The molecular weight excluding hydrogens is 351 g/mol. The Bertz CT molecular complexity index is 882. The molecule has 0 unspecified atom stereocenters. The highest BCUT2D eigenvalue weighted by atomic mass is 32.1. The van der Waals surface area contributed by atoms with Gasteiger partial charge in [0.2, 0.25) is 0 Å². The van der Waals surface area contributed by atoms with E-state index < -0.39 is 0 Å². The fourth-order valence-corrected chi connectivity index (χ4v) is 3.54. The largest absolute Gasteiger partial charge is 0.493 e. The van der Waals surface area contributed by atoms with E-state index in [0.717, 1.165) is 16.3 Å². The summed E-state index contributed by atoms with van der Waals surface area (Å²) in [6.07, 6.45) is 0. The number of nitrogens with zero attached hydrogens (tertiary/aromatic N) is 2. The summed E-state index contributed by atoms with van der Waals surface area (Å²) in [5, 5.41) is 2.95. The van der Waals surface area contributed by atoms with Crippen molar-refractivity contribution in [2.45, 2.75) is 13.1 Å². The predicted octanol–water partition coefficient (Wildman–Crippen LogP) is 4.60. The highest BCUT2D eigenvalue weighted by Gasteiger charge is 2.11. The lowest BCUT2D eigenvalue weighted by atomic mass is 10.2. The van der Waals surface area contributed by atoms with Gasteiger partial charge in [0.05, 0.1) is 19.9 Å². The monoisotopic (exact) mass is 372 g/mol. The smallest absolute Gasteiger partial charge is 0.161 e. The lowest BCUT2D eigenvalue weighted by Gasteiger charge is -2.15. The van der Waals surface area contributed by atoms with Crippen LogP contribution < -0.4 is 9.47 Å². The Morgan fingerprint density at radius 3 is 2.54 bits per heavy atom. The first-order chi connectivity index (χ1) is 12.6. The third-order valence-electron chi connectivity index (χ3n) is 4.01. The minimum atomic E-state index is -0.177. The van der Waals surface area contributed by atoms with Crippen LogP contribution in [0.15, 0.2) is 47.8 Å². The first kappa shape index (κ1) is 18.4. The van der Waals surface area contributed by atoms with E-state index >= 15 is 0 Å². The van der Waals surface area contributed by atoms with E-state index in [0.29, 0.717) is 30.2 Å². The van der Waals surface area contributed by atoms with Crippen LogP contribution in [-0.2, 0) is 13.1 Å². The first-order valence-electron chi connectivity index (χ1n) is 8.19. The quantitative estimate of drug-likeness (QED) is 0.607. The number of hydrogen-bond donors (Lipinski definition) is 0. The van der Waals surface area contributed by atoms with Gasteiger partial charge < -0.3 is 9.47 Å². The SMILES string of the molecule is COc1ccc(-c2nc(CN(C)Cc3ccccc3F)cs2)cc1OC. The minimum Gasteiger partial charge on any atom is -0.493 e. The van der Waals surface area contributed by atoms with E-state index in [-0.39, 0.29) is 5.82 Å². The van der Waals surface area contributed by atoms with Crippen molar-refractivity contribution >= 4 is 11.3 Å². The van der Waals surface area contributed by atoms with Crippen LogP contribution in [0.4, 0.5) is 4.39 Å². The molecule has 0 amide bonds. The van der Waals surface area contributed by atoms with Crippen molar-refractivity contribution in [1.29, 1.82) is 0 Å². The number of aromatic nitrogens is 1. The average Bonchev–Trinajstić information content (AvgIpc) is 3.11. The molecule has 0 fully saturated rings. The van der Waals surface area contributed by atoms with Gasteiger partial charge >= 0.3 is 0 Å². The minimum absolute atomic E-state index is 0.177. The molecule has 0 bridgehead atoms. The summed E-state index contributed by atoms with van der Waals surface area (Å²) in [7, 11) is 5.19. The molecule has 3 aromatic rings. The van der Waals surface area contributed by atoms with Crippen LogP contribution >= 0.6 is 11.3 Å². The van der Waals surface area contributed by atoms with Gasteiger partial charge in [0, 0.05) is 29.6 Å². The summed E-state index contributed by atoms with van der Waals surface area (Å²) in [6, 6.07) is 12.6. The van der Waals surface area contributed by atoms with Crippen LogP contribution in [0.25, 0.3) is 10.6 Å². The Labute approximate surface area is 156 Å². The summed E-state index contributed by atoms with van der Waals surface area (Å²) in [5.41, 5.74) is 2.62. The maximum Gasteiger partial charge on any atom is 0.161 e. The van der Waals surface area contributed by atoms with Crippen molar-refractivity contribution in [3.63, 3.8) is 0 Å². The molecule has 0 aliphatic rings. The predicted molar refractivity (Wildman–Crippen MR) is 102 cm³/mol. The second kappa shape index (κ2) is 8.29. The van der Waals surface area contributed by atoms with Crippen molar-refractivity contribution in [3.05, 3.63) is 64.9 Å². The van der Waals surface area contributed by atoms with Crippen molar-refractivity contribution in [2.24, 2.45) is 0 Å². The third-order valence-corrected chi connectivity index (χ3v) is 4.95. The van der Waals surface area contributed by atoms with Gasteiger partial charge in [-0.05, 0) is 31.3 Å². The topological polar surface area (TPSA) is 34.6 Å². The molecule has 0 atom stereocenters. The molecule has 1 aromatic heterocycles. The molecule has 136 valence electrons. The third kappa shape index (κ3) is 4.20. The zero-order valence-corrected chi connectivity index (χ0v) is 15.8. The number of ether oxygens (including phenoxy) is 2. The van der Waals surface area contributed by atoms with Crippen LogP contribution in [0, 0.1) is 5.82 Å². The van der Waals surface area contributed by atoms with Gasteiger partial charge in [-0.25, -0.2) is 9.37 Å². The van der Waals surface area contributed by atoms with Crippen LogP contribution in [0.1, 0.15) is 11.3 Å². The normalized spacial score (nSPS) is 11.0. The Morgan fingerprint density at radius 2 is 1.81 bits per heavy atom. The number of halogens is 1. The van der Waals surface area contributed by atoms with Gasteiger partial charge in [-0.1, -0.05) is 18.2 Å². The molecule has 2 aromatic carbocycles. The van der Waals surface area contributed by atoms with Gasteiger partial charge in [0.15, 0.2) is 11.5 Å². The standard InChI is InChI=1S/C20H21FN2O2S/c1-23(11-15-6-4-5-7-17(15)21)12-16-13-26-20(22-16)14-8-9-18(24-2)19(10-14)25-3/h4-10,13H,11-12H2,1-3H3. The molecule has 0 N–H and O–H groups in total. The maximum absolute atomic E-state index is 13.8. The number of methoxy groups -OCH3 is 2. The molecule has 0 aliphatic heterocycles. The zero-order valence-electron chi connectivity index (χ0n) is 15.0. The van der Waals surface area contributed by atoms with Gasteiger partial charge in [-0.2, -0.15) is 0 Å². The van der Waals surface area contributed by atoms with Gasteiger partial charge in [0.25, 0.3) is 0 Å². The first-order valence-corrected chi connectivity index (χ1v) is 9.07. The molecule has 0 radical (unpaired) electrons. The molecule has 0 saturated carbocycles. The van der Waals surface area contributed by atoms with E-state index in [1.807, 2.05) is 47.7 Å². The van der Waals surface area contributed by atoms with Crippen molar-refractivity contribution in [2.75, 3.05) is 21.3 Å². The van der Waals surface area contributed by atoms with E-state index in [4.69, 9.17) is 14.5 Å². The van der Waals surface area contributed by atoms with Gasteiger partial charge in [-0.15, -0.1) is 11.3 Å². The molecule has 0 saturated heterocycles. The van der Waals surface area contributed by atoms with Crippen LogP contribution in [0.2, 0.25) is 0 Å². The molecule has 0 aliphatic carbocycles. The molecule has 1 heterocycles. The highest BCUT2D eigenvalue weighted by Crippen LogP contribution is 2.33. The maximum atomic E-state index is 13.8. The summed E-state index contributed by atoms with van der Waals surface area (Å²) in [6.45, 7) is 1.19. The number of hydrogen-bond acceptors (Lipinski definition) is 5. The molecular formula is C20H21FN2O2S. The lowest BCUT2D eigenvalue weighted by Crippen LogP contribution is -2.18. The van der Waals surface area contributed by atoms with E-state index in [1.165, 1.54) is 6.07 Å². The van der Waals surface area contributed by atoms with Gasteiger partial charge in [0.1, 0.15) is 10.8 Å². The summed E-state index contributed by atoms with van der Waals surface area (Å²) in [5.74, 6) is 1.19. The fourth-order valence-electron chi connectivity index (χ4n) is 2.73. The summed E-state index contributed by atoms with van der Waals surface area (Å²) in [4.78, 5) is 6.75. The highest BCUT2D eigenvalue weighted by molar-refractivity contribution is 7.13. The van der Waals surface area contributed by atoms with E-state index in [2.05, 4.69) is 0 Å². The molecule has 0 spiro atoms. The van der Waals surface area contributed by atoms with Gasteiger partial charge in [-0.3, -0.25) is 4.90 Å². The van der Waals surface area contributed by atoms with Crippen LogP contribution in [0.3, 0.4) is 0 Å². The summed E-state index contributed by atoms with van der Waals surface area (Å²) < 4.78 is 24.4.